The zero-order valence-corrected chi connectivity index (χ0v) is 11.3. The predicted octanol–water partition coefficient (Wildman–Crippen LogP) is 2.11. The molecule has 1 heterocycles. The lowest BCUT2D eigenvalue weighted by Gasteiger charge is -2.17. The molecule has 0 aliphatic carbocycles. The molecule has 4 nitrogen and oxygen atoms in total. The van der Waals surface area contributed by atoms with Crippen LogP contribution in [0.15, 0.2) is 6.33 Å². The number of hydrogen-bond acceptors (Lipinski definition) is 4. The van der Waals surface area contributed by atoms with Gasteiger partial charge in [0.25, 0.3) is 0 Å². The first-order chi connectivity index (χ1) is 8.22. The number of aromatic nitrogens is 2. The maximum atomic E-state index is 5.48. The van der Waals surface area contributed by atoms with E-state index in [4.69, 9.17) is 4.74 Å². The summed E-state index contributed by atoms with van der Waals surface area (Å²) in [5.41, 5.74) is 2.14. The molecule has 0 aliphatic rings. The Hall–Kier alpha value is -1.16. The largest absolute Gasteiger partial charge is 0.478 e. The average molecular weight is 237 g/mol. The molecule has 0 bridgehead atoms. The molecule has 1 N–H and O–H groups in total. The van der Waals surface area contributed by atoms with E-state index >= 15 is 0 Å². The molecule has 96 valence electrons. The molecule has 0 aromatic carbocycles. The summed E-state index contributed by atoms with van der Waals surface area (Å²) in [6.45, 7) is 9.94. The Morgan fingerprint density at radius 2 is 2.06 bits per heavy atom. The third-order valence-electron chi connectivity index (χ3n) is 2.85. The molecule has 1 rings (SSSR count). The Bertz CT molecular complexity index is 341. The van der Waals surface area contributed by atoms with E-state index in [-0.39, 0.29) is 0 Å². The van der Waals surface area contributed by atoms with Gasteiger partial charge in [-0.05, 0) is 26.8 Å². The fourth-order valence-electron chi connectivity index (χ4n) is 1.84. The maximum Gasteiger partial charge on any atom is 0.219 e. The van der Waals surface area contributed by atoms with Crippen molar-refractivity contribution >= 4 is 0 Å². The highest BCUT2D eigenvalue weighted by atomic mass is 16.5. The molecule has 0 radical (unpaired) electrons. The highest BCUT2D eigenvalue weighted by molar-refractivity contribution is 5.28. The van der Waals surface area contributed by atoms with Crippen LogP contribution >= 0.6 is 0 Å². The molecule has 1 unspecified atom stereocenters. The Morgan fingerprint density at radius 3 is 2.65 bits per heavy atom. The first-order valence-electron chi connectivity index (χ1n) is 6.39. The molecule has 1 aromatic rings. The summed E-state index contributed by atoms with van der Waals surface area (Å²) >= 11 is 0. The van der Waals surface area contributed by atoms with Crippen molar-refractivity contribution in [3.8, 4) is 5.88 Å². The third kappa shape index (κ3) is 3.97. The molecule has 4 heteroatoms. The van der Waals surface area contributed by atoms with Gasteiger partial charge in [-0.2, -0.15) is 0 Å². The average Bonchev–Trinajstić information content (AvgIpc) is 2.33. The van der Waals surface area contributed by atoms with Gasteiger partial charge < -0.3 is 10.1 Å². The van der Waals surface area contributed by atoms with E-state index in [0.717, 1.165) is 30.6 Å². The molecular formula is C13H23N3O. The third-order valence-corrected chi connectivity index (χ3v) is 2.85. The topological polar surface area (TPSA) is 47.0 Å². The van der Waals surface area contributed by atoms with Crippen molar-refractivity contribution in [2.24, 2.45) is 0 Å². The molecule has 0 saturated carbocycles. The fourth-order valence-corrected chi connectivity index (χ4v) is 1.84. The normalized spacial score (nSPS) is 12.5. The Labute approximate surface area is 104 Å². The number of ether oxygens (including phenoxy) is 1. The molecule has 0 aliphatic heterocycles. The van der Waals surface area contributed by atoms with E-state index in [9.17, 15) is 0 Å². The van der Waals surface area contributed by atoms with Crippen LogP contribution in [-0.4, -0.2) is 29.2 Å². The van der Waals surface area contributed by atoms with Crippen LogP contribution in [0.2, 0.25) is 0 Å². The van der Waals surface area contributed by atoms with Gasteiger partial charge >= 0.3 is 0 Å². The molecule has 0 fully saturated rings. The number of hydrogen-bond donors (Lipinski definition) is 1. The van der Waals surface area contributed by atoms with Crippen LogP contribution in [0.25, 0.3) is 0 Å². The van der Waals surface area contributed by atoms with Gasteiger partial charge in [-0.3, -0.25) is 0 Å². The predicted molar refractivity (Wildman–Crippen MR) is 69.4 cm³/mol. The zero-order valence-electron chi connectivity index (χ0n) is 11.3. The summed E-state index contributed by atoms with van der Waals surface area (Å²) in [7, 11) is 0. The van der Waals surface area contributed by atoms with E-state index in [1.165, 1.54) is 0 Å². The maximum absolute atomic E-state index is 5.48. The monoisotopic (exact) mass is 237 g/mol. The SMILES string of the molecule is CCNC(CC)Cc1ncnc(OCC)c1C. The van der Waals surface area contributed by atoms with Crippen molar-refractivity contribution < 1.29 is 4.74 Å². The number of nitrogens with one attached hydrogen (secondary N) is 1. The lowest BCUT2D eigenvalue weighted by Crippen LogP contribution is -2.30. The van der Waals surface area contributed by atoms with Crippen LogP contribution in [-0.2, 0) is 6.42 Å². The summed E-state index contributed by atoms with van der Waals surface area (Å²) in [5, 5.41) is 3.46. The molecule has 1 atom stereocenters. The minimum absolute atomic E-state index is 0.475. The standard InChI is InChI=1S/C13H23N3O/c1-5-11(14-6-2)8-12-10(4)13(17-7-3)16-9-15-12/h9,11,14H,5-8H2,1-4H3. The second-order valence-corrected chi connectivity index (χ2v) is 4.05. The van der Waals surface area contributed by atoms with E-state index in [0.29, 0.717) is 18.5 Å². The van der Waals surface area contributed by atoms with Crippen molar-refractivity contribution in [2.45, 2.75) is 46.6 Å². The Balaban J connectivity index is 2.79. The number of likely N-dealkylation sites (N-methyl/N-ethyl adjacent to an activating group) is 1. The van der Waals surface area contributed by atoms with Crippen LogP contribution in [0.4, 0.5) is 0 Å². The minimum Gasteiger partial charge on any atom is -0.478 e. The van der Waals surface area contributed by atoms with Crippen LogP contribution in [0.3, 0.4) is 0 Å². The van der Waals surface area contributed by atoms with Crippen LogP contribution in [0.1, 0.15) is 38.4 Å². The van der Waals surface area contributed by atoms with Gasteiger partial charge in [0, 0.05) is 18.0 Å². The van der Waals surface area contributed by atoms with E-state index in [1.54, 1.807) is 6.33 Å². The van der Waals surface area contributed by atoms with Crippen LogP contribution in [0, 0.1) is 6.92 Å². The highest BCUT2D eigenvalue weighted by Gasteiger charge is 2.12. The Kier molecular flexibility index (Phi) is 5.91. The fraction of sp³-hybridized carbons (Fsp3) is 0.692. The summed E-state index contributed by atoms with van der Waals surface area (Å²) < 4.78 is 5.48. The first kappa shape index (κ1) is 13.9. The summed E-state index contributed by atoms with van der Waals surface area (Å²) in [5.74, 6) is 0.712. The molecule has 0 spiro atoms. The highest BCUT2D eigenvalue weighted by Crippen LogP contribution is 2.17. The number of rotatable bonds is 7. The molecule has 1 aromatic heterocycles. The van der Waals surface area contributed by atoms with Gasteiger partial charge in [0.05, 0.1) is 12.3 Å². The summed E-state index contributed by atoms with van der Waals surface area (Å²) in [6, 6.07) is 0.475. The van der Waals surface area contributed by atoms with Crippen molar-refractivity contribution in [3.05, 3.63) is 17.6 Å². The van der Waals surface area contributed by atoms with E-state index in [2.05, 4.69) is 29.1 Å². The molecule has 0 amide bonds. The Morgan fingerprint density at radius 1 is 1.29 bits per heavy atom. The summed E-state index contributed by atoms with van der Waals surface area (Å²) in [6.07, 6.45) is 3.62. The molecule has 0 saturated heterocycles. The van der Waals surface area contributed by atoms with Gasteiger partial charge in [0.2, 0.25) is 5.88 Å². The molecule has 17 heavy (non-hydrogen) atoms. The lowest BCUT2D eigenvalue weighted by atomic mass is 10.1. The van der Waals surface area contributed by atoms with Gasteiger partial charge in [-0.1, -0.05) is 13.8 Å². The van der Waals surface area contributed by atoms with Crippen molar-refractivity contribution in [1.29, 1.82) is 0 Å². The lowest BCUT2D eigenvalue weighted by molar-refractivity contribution is 0.322. The van der Waals surface area contributed by atoms with Gasteiger partial charge in [-0.25, -0.2) is 9.97 Å². The second-order valence-electron chi connectivity index (χ2n) is 4.05. The van der Waals surface area contributed by atoms with Crippen LogP contribution in [0.5, 0.6) is 5.88 Å². The van der Waals surface area contributed by atoms with Crippen molar-refractivity contribution in [3.63, 3.8) is 0 Å². The van der Waals surface area contributed by atoms with Crippen LogP contribution < -0.4 is 10.1 Å². The zero-order chi connectivity index (χ0) is 12.7. The first-order valence-corrected chi connectivity index (χ1v) is 6.39. The smallest absolute Gasteiger partial charge is 0.219 e. The summed E-state index contributed by atoms with van der Waals surface area (Å²) in [4.78, 5) is 8.51. The quantitative estimate of drug-likeness (QED) is 0.789. The second kappa shape index (κ2) is 7.22. The van der Waals surface area contributed by atoms with E-state index in [1.807, 2.05) is 13.8 Å². The van der Waals surface area contributed by atoms with Gasteiger partial charge in [0.15, 0.2) is 0 Å². The number of nitrogens with zero attached hydrogens (tertiary/aromatic N) is 2. The molecular weight excluding hydrogens is 214 g/mol. The van der Waals surface area contributed by atoms with Gasteiger partial charge in [0.1, 0.15) is 6.33 Å². The minimum atomic E-state index is 0.475. The van der Waals surface area contributed by atoms with E-state index < -0.39 is 0 Å². The van der Waals surface area contributed by atoms with Crippen molar-refractivity contribution in [2.75, 3.05) is 13.2 Å². The van der Waals surface area contributed by atoms with Gasteiger partial charge in [-0.15, -0.1) is 0 Å². The van der Waals surface area contributed by atoms with Crippen molar-refractivity contribution in [1.82, 2.24) is 15.3 Å².